The first-order valence-corrected chi connectivity index (χ1v) is 11.9. The summed E-state index contributed by atoms with van der Waals surface area (Å²) in [4.78, 5) is 53.5. The normalized spacial score (nSPS) is 18.6. The number of methoxy groups -OCH3 is 2. The number of imide groups is 1. The molecule has 39 heavy (non-hydrogen) atoms. The number of nitrogens with two attached hydrogens (primary N) is 1. The van der Waals surface area contributed by atoms with Crippen molar-refractivity contribution in [3.8, 4) is 6.07 Å². The molecule has 0 spiro atoms. The number of ether oxygens (including phenoxy) is 2. The van der Waals surface area contributed by atoms with Crippen molar-refractivity contribution in [3.63, 3.8) is 0 Å². The molecule has 0 saturated carbocycles. The van der Waals surface area contributed by atoms with E-state index in [0.29, 0.717) is 16.8 Å². The predicted molar refractivity (Wildman–Crippen MR) is 139 cm³/mol. The fourth-order valence-electron chi connectivity index (χ4n) is 4.68. The molecule has 0 bridgehead atoms. The van der Waals surface area contributed by atoms with Gasteiger partial charge in [-0.15, -0.1) is 0 Å². The van der Waals surface area contributed by atoms with Crippen LogP contribution in [0.2, 0.25) is 0 Å². The molecule has 2 aromatic carbocycles. The zero-order valence-electron chi connectivity index (χ0n) is 21.8. The highest BCUT2D eigenvalue weighted by Crippen LogP contribution is 2.43. The molecule has 2 heterocycles. The average Bonchev–Trinajstić information content (AvgIpc) is 3.13. The Balaban J connectivity index is 1.83. The van der Waals surface area contributed by atoms with Gasteiger partial charge in [0.2, 0.25) is 0 Å². The second kappa shape index (κ2) is 10.3. The van der Waals surface area contributed by atoms with Gasteiger partial charge in [-0.1, -0.05) is 42.5 Å². The Bertz CT molecular complexity index is 1450. The molecule has 4 rings (SSSR count). The van der Waals surface area contributed by atoms with Crippen molar-refractivity contribution in [1.82, 2.24) is 10.2 Å². The molecule has 3 N–H and O–H groups in total. The monoisotopic (exact) mass is 529 g/mol. The number of carbonyl (C=O) groups is 4. The number of rotatable bonds is 6. The molecular formula is C28H27N5O6. The molecule has 2 aromatic rings. The minimum absolute atomic E-state index is 0.0202. The number of esters is 2. The van der Waals surface area contributed by atoms with E-state index >= 15 is 0 Å². The van der Waals surface area contributed by atoms with E-state index in [-0.39, 0.29) is 35.1 Å². The fourth-order valence-corrected chi connectivity index (χ4v) is 4.68. The number of urea groups is 1. The minimum Gasteiger partial charge on any atom is -0.466 e. The number of nitrogens with zero attached hydrogens (tertiary/aromatic N) is 3. The summed E-state index contributed by atoms with van der Waals surface area (Å²) in [6.45, 7) is 3.26. The molecule has 1 atom stereocenters. The second-order valence-corrected chi connectivity index (χ2v) is 9.45. The summed E-state index contributed by atoms with van der Waals surface area (Å²) >= 11 is 0. The SMILES string of the molecule is COC(=O)C1=C(C(=O)OC)N(c2ccc(CN3C(=O)NC(C)(C)C3=O)cc2)C(N)=C(C#N)C1c1ccccc1. The van der Waals surface area contributed by atoms with Crippen LogP contribution in [0.4, 0.5) is 10.5 Å². The van der Waals surface area contributed by atoms with Crippen molar-refractivity contribution in [2.24, 2.45) is 5.73 Å². The summed E-state index contributed by atoms with van der Waals surface area (Å²) in [7, 11) is 2.35. The topological polar surface area (TPSA) is 155 Å². The number of carbonyl (C=O) groups excluding carboxylic acids is 4. The first-order chi connectivity index (χ1) is 18.5. The summed E-state index contributed by atoms with van der Waals surface area (Å²) in [6.07, 6.45) is 0. The predicted octanol–water partition coefficient (Wildman–Crippen LogP) is 2.41. The smallest absolute Gasteiger partial charge is 0.355 e. The van der Waals surface area contributed by atoms with Gasteiger partial charge in [0.05, 0.1) is 43.9 Å². The highest BCUT2D eigenvalue weighted by atomic mass is 16.5. The van der Waals surface area contributed by atoms with Crippen LogP contribution in [0.25, 0.3) is 0 Å². The molecule has 3 amide bonds. The van der Waals surface area contributed by atoms with Crippen LogP contribution in [0.3, 0.4) is 0 Å². The molecule has 11 nitrogen and oxygen atoms in total. The Hall–Kier alpha value is -5.11. The fraction of sp³-hybridized carbons (Fsp3) is 0.250. The third-order valence-corrected chi connectivity index (χ3v) is 6.59. The largest absolute Gasteiger partial charge is 0.466 e. The van der Waals surface area contributed by atoms with Gasteiger partial charge in [0.15, 0.2) is 0 Å². The maximum Gasteiger partial charge on any atom is 0.355 e. The molecule has 1 fully saturated rings. The van der Waals surface area contributed by atoms with E-state index in [0.717, 1.165) is 4.90 Å². The lowest BCUT2D eigenvalue weighted by Gasteiger charge is -2.36. The van der Waals surface area contributed by atoms with Gasteiger partial charge in [-0.2, -0.15) is 5.26 Å². The van der Waals surface area contributed by atoms with E-state index in [1.54, 1.807) is 68.4 Å². The van der Waals surface area contributed by atoms with Gasteiger partial charge < -0.3 is 20.5 Å². The highest BCUT2D eigenvalue weighted by molar-refractivity contribution is 6.07. The Morgan fingerprint density at radius 3 is 2.15 bits per heavy atom. The molecule has 1 saturated heterocycles. The van der Waals surface area contributed by atoms with Crippen LogP contribution in [0.15, 0.2) is 77.3 Å². The molecule has 0 radical (unpaired) electrons. The van der Waals surface area contributed by atoms with Gasteiger partial charge in [0.25, 0.3) is 5.91 Å². The standard InChI is InChI=1S/C28H27N5O6/c1-28(2)26(36)32(27(37)31-28)15-16-10-12-18(13-11-16)33-22(25(35)39-4)21(24(34)38-3)20(19(14-29)23(33)30)17-8-6-5-7-9-17/h5-13,20H,15,30H2,1-4H3,(H,31,37). The Labute approximate surface area is 225 Å². The van der Waals surface area contributed by atoms with Crippen LogP contribution >= 0.6 is 0 Å². The summed E-state index contributed by atoms with van der Waals surface area (Å²) < 4.78 is 10.1. The van der Waals surface area contributed by atoms with E-state index in [9.17, 15) is 24.4 Å². The van der Waals surface area contributed by atoms with Gasteiger partial charge in [-0.3, -0.25) is 14.6 Å². The lowest BCUT2D eigenvalue weighted by molar-refractivity contribution is -0.139. The van der Waals surface area contributed by atoms with Crippen molar-refractivity contribution in [2.75, 3.05) is 19.1 Å². The number of nitrogens with one attached hydrogen (secondary N) is 1. The van der Waals surface area contributed by atoms with Crippen molar-refractivity contribution in [3.05, 3.63) is 88.4 Å². The molecular weight excluding hydrogens is 502 g/mol. The number of nitriles is 1. The van der Waals surface area contributed by atoms with Crippen LogP contribution < -0.4 is 16.0 Å². The molecule has 2 aliphatic heterocycles. The maximum absolute atomic E-state index is 13.1. The quantitative estimate of drug-likeness (QED) is 0.424. The van der Waals surface area contributed by atoms with Gasteiger partial charge in [0, 0.05) is 5.69 Å². The number of hydrogen-bond donors (Lipinski definition) is 2. The van der Waals surface area contributed by atoms with E-state index in [4.69, 9.17) is 15.2 Å². The van der Waals surface area contributed by atoms with Crippen LogP contribution in [-0.2, 0) is 30.4 Å². The number of allylic oxidation sites excluding steroid dienone is 1. The first kappa shape index (κ1) is 26.9. The van der Waals surface area contributed by atoms with Crippen LogP contribution in [0, 0.1) is 11.3 Å². The number of benzene rings is 2. The summed E-state index contributed by atoms with van der Waals surface area (Å²) in [6, 6.07) is 16.8. The zero-order valence-corrected chi connectivity index (χ0v) is 21.8. The molecule has 0 aliphatic carbocycles. The third-order valence-electron chi connectivity index (χ3n) is 6.59. The summed E-state index contributed by atoms with van der Waals surface area (Å²) in [5.74, 6) is -3.09. The van der Waals surface area contributed by atoms with Crippen LogP contribution in [-0.4, -0.2) is 48.5 Å². The molecule has 0 aromatic heterocycles. The van der Waals surface area contributed by atoms with Crippen LogP contribution in [0.1, 0.15) is 30.9 Å². The van der Waals surface area contributed by atoms with Crippen LogP contribution in [0.5, 0.6) is 0 Å². The second-order valence-electron chi connectivity index (χ2n) is 9.45. The van der Waals surface area contributed by atoms with E-state index in [1.807, 2.05) is 0 Å². The van der Waals surface area contributed by atoms with E-state index in [2.05, 4.69) is 11.4 Å². The number of anilines is 1. The number of hydrogen-bond acceptors (Lipinski definition) is 9. The number of amides is 3. The molecule has 2 aliphatic rings. The zero-order chi connectivity index (χ0) is 28.5. The molecule has 11 heteroatoms. The summed E-state index contributed by atoms with van der Waals surface area (Å²) in [5.41, 5.74) is 6.77. The minimum atomic E-state index is -1.00. The Kier molecular flexibility index (Phi) is 7.14. The van der Waals surface area contributed by atoms with E-state index in [1.165, 1.54) is 19.1 Å². The third kappa shape index (κ3) is 4.68. The van der Waals surface area contributed by atoms with Crippen molar-refractivity contribution in [2.45, 2.75) is 31.8 Å². The average molecular weight is 530 g/mol. The Morgan fingerprint density at radius 1 is 1.03 bits per heavy atom. The van der Waals surface area contributed by atoms with Gasteiger partial charge in [-0.05, 0) is 37.1 Å². The van der Waals surface area contributed by atoms with Gasteiger partial charge in [-0.25, -0.2) is 14.4 Å². The lowest BCUT2D eigenvalue weighted by Crippen LogP contribution is -2.40. The Morgan fingerprint density at radius 2 is 1.64 bits per heavy atom. The maximum atomic E-state index is 13.1. The highest BCUT2D eigenvalue weighted by Gasteiger charge is 2.45. The molecule has 1 unspecified atom stereocenters. The van der Waals surface area contributed by atoms with Crippen molar-refractivity contribution < 1.29 is 28.7 Å². The van der Waals surface area contributed by atoms with Crippen molar-refractivity contribution >= 4 is 29.6 Å². The van der Waals surface area contributed by atoms with Gasteiger partial charge in [0.1, 0.15) is 17.1 Å². The lowest BCUT2D eigenvalue weighted by atomic mass is 9.81. The van der Waals surface area contributed by atoms with Gasteiger partial charge >= 0.3 is 18.0 Å². The van der Waals surface area contributed by atoms with Crippen molar-refractivity contribution in [1.29, 1.82) is 5.26 Å². The summed E-state index contributed by atoms with van der Waals surface area (Å²) in [5, 5.41) is 12.8. The van der Waals surface area contributed by atoms with E-state index < -0.39 is 29.4 Å². The first-order valence-electron chi connectivity index (χ1n) is 11.9. The molecule has 200 valence electrons.